The SMILES string of the molecule is CCC=CC=Cc1ncc[nH]1. The first kappa shape index (κ1) is 7.79. The second-order valence-corrected chi connectivity index (χ2v) is 2.17. The maximum atomic E-state index is 4.04. The molecule has 11 heavy (non-hydrogen) atoms. The van der Waals surface area contributed by atoms with Gasteiger partial charge in [-0.05, 0) is 12.5 Å². The molecule has 0 aliphatic carbocycles. The molecule has 1 aromatic rings. The van der Waals surface area contributed by atoms with Gasteiger partial charge in [0.25, 0.3) is 0 Å². The topological polar surface area (TPSA) is 28.7 Å². The number of aromatic nitrogens is 2. The molecule has 0 aliphatic heterocycles. The molecule has 0 amide bonds. The Hall–Kier alpha value is -1.31. The van der Waals surface area contributed by atoms with Gasteiger partial charge in [-0.1, -0.05) is 25.2 Å². The van der Waals surface area contributed by atoms with Gasteiger partial charge in [-0.25, -0.2) is 4.98 Å². The zero-order chi connectivity index (χ0) is 7.94. The maximum absolute atomic E-state index is 4.04. The molecule has 1 N–H and O–H groups in total. The largest absolute Gasteiger partial charge is 0.345 e. The standard InChI is InChI=1S/C9H12N2/c1-2-3-4-5-6-9-10-7-8-11-9/h3-8H,2H2,1H3,(H,10,11). The zero-order valence-electron chi connectivity index (χ0n) is 6.62. The van der Waals surface area contributed by atoms with Crippen LogP contribution in [0.5, 0.6) is 0 Å². The van der Waals surface area contributed by atoms with Crippen LogP contribution in [-0.2, 0) is 0 Å². The van der Waals surface area contributed by atoms with Crippen molar-refractivity contribution in [3.8, 4) is 0 Å². The number of nitrogens with zero attached hydrogens (tertiary/aromatic N) is 1. The van der Waals surface area contributed by atoms with Gasteiger partial charge in [0, 0.05) is 12.4 Å². The summed E-state index contributed by atoms with van der Waals surface area (Å²) in [7, 11) is 0. The molecule has 0 saturated heterocycles. The van der Waals surface area contributed by atoms with E-state index in [9.17, 15) is 0 Å². The van der Waals surface area contributed by atoms with E-state index < -0.39 is 0 Å². The predicted octanol–water partition coefficient (Wildman–Crippen LogP) is 2.39. The van der Waals surface area contributed by atoms with Gasteiger partial charge < -0.3 is 4.98 Å². The maximum Gasteiger partial charge on any atom is 0.129 e. The zero-order valence-corrected chi connectivity index (χ0v) is 6.62. The van der Waals surface area contributed by atoms with E-state index >= 15 is 0 Å². The highest BCUT2D eigenvalue weighted by Gasteiger charge is 1.81. The number of rotatable bonds is 3. The molecule has 1 heterocycles. The molecule has 0 spiro atoms. The quantitative estimate of drug-likeness (QED) is 0.655. The Morgan fingerprint density at radius 3 is 3.09 bits per heavy atom. The Morgan fingerprint density at radius 2 is 2.45 bits per heavy atom. The average molecular weight is 148 g/mol. The number of H-pyrrole nitrogens is 1. The fraction of sp³-hybridized carbons (Fsp3) is 0.222. The molecule has 0 saturated carbocycles. The second kappa shape index (κ2) is 4.50. The molecule has 2 nitrogen and oxygen atoms in total. The van der Waals surface area contributed by atoms with Crippen molar-refractivity contribution in [3.63, 3.8) is 0 Å². The molecule has 0 atom stereocenters. The lowest BCUT2D eigenvalue weighted by atomic mass is 10.4. The van der Waals surface area contributed by atoms with Gasteiger partial charge in [-0.15, -0.1) is 0 Å². The molecular formula is C9H12N2. The van der Waals surface area contributed by atoms with Crippen LogP contribution >= 0.6 is 0 Å². The summed E-state index contributed by atoms with van der Waals surface area (Å²) in [5.74, 6) is 0.894. The minimum Gasteiger partial charge on any atom is -0.345 e. The first-order valence-corrected chi connectivity index (χ1v) is 3.76. The third-order valence-electron chi connectivity index (χ3n) is 1.26. The summed E-state index contributed by atoms with van der Waals surface area (Å²) < 4.78 is 0. The molecule has 58 valence electrons. The van der Waals surface area contributed by atoms with E-state index in [1.54, 1.807) is 6.20 Å². The normalized spacial score (nSPS) is 11.7. The Labute approximate surface area is 66.7 Å². The first-order valence-electron chi connectivity index (χ1n) is 3.76. The average Bonchev–Trinajstić information content (AvgIpc) is 2.50. The molecule has 0 radical (unpaired) electrons. The summed E-state index contributed by atoms with van der Waals surface area (Å²) in [6, 6.07) is 0. The summed E-state index contributed by atoms with van der Waals surface area (Å²) in [5, 5.41) is 0. The van der Waals surface area contributed by atoms with Crippen molar-refractivity contribution < 1.29 is 0 Å². The van der Waals surface area contributed by atoms with E-state index in [4.69, 9.17) is 0 Å². The van der Waals surface area contributed by atoms with Crippen molar-refractivity contribution in [1.29, 1.82) is 0 Å². The van der Waals surface area contributed by atoms with Crippen LogP contribution in [0.3, 0.4) is 0 Å². The summed E-state index contributed by atoms with van der Waals surface area (Å²) >= 11 is 0. The molecule has 0 aliphatic rings. The van der Waals surface area contributed by atoms with E-state index in [1.165, 1.54) is 0 Å². The monoisotopic (exact) mass is 148 g/mol. The third-order valence-corrected chi connectivity index (χ3v) is 1.26. The van der Waals surface area contributed by atoms with Gasteiger partial charge in [-0.3, -0.25) is 0 Å². The van der Waals surface area contributed by atoms with Crippen molar-refractivity contribution in [2.24, 2.45) is 0 Å². The number of nitrogens with one attached hydrogen (secondary N) is 1. The fourth-order valence-electron chi connectivity index (χ4n) is 0.730. The van der Waals surface area contributed by atoms with Crippen LogP contribution in [0.15, 0.2) is 30.6 Å². The number of hydrogen-bond donors (Lipinski definition) is 1. The van der Waals surface area contributed by atoms with Crippen LogP contribution in [0.2, 0.25) is 0 Å². The molecule has 2 heteroatoms. The number of imidazole rings is 1. The summed E-state index contributed by atoms with van der Waals surface area (Å²) in [6.07, 6.45) is 12.6. The lowest BCUT2D eigenvalue weighted by molar-refractivity contribution is 1.22. The van der Waals surface area contributed by atoms with Crippen LogP contribution in [0.4, 0.5) is 0 Å². The van der Waals surface area contributed by atoms with E-state index in [0.29, 0.717) is 0 Å². The molecule has 0 fully saturated rings. The Balaban J connectivity index is 2.43. The van der Waals surface area contributed by atoms with Crippen molar-refractivity contribution in [2.75, 3.05) is 0 Å². The molecular weight excluding hydrogens is 136 g/mol. The second-order valence-electron chi connectivity index (χ2n) is 2.17. The van der Waals surface area contributed by atoms with E-state index in [2.05, 4.69) is 23.0 Å². The highest BCUT2D eigenvalue weighted by molar-refractivity contribution is 5.42. The number of allylic oxidation sites excluding steroid dienone is 3. The lowest BCUT2D eigenvalue weighted by Crippen LogP contribution is -1.70. The van der Waals surface area contributed by atoms with Crippen molar-refractivity contribution in [3.05, 3.63) is 36.4 Å². The van der Waals surface area contributed by atoms with Gasteiger partial charge in [-0.2, -0.15) is 0 Å². The minimum absolute atomic E-state index is 0.894. The van der Waals surface area contributed by atoms with Gasteiger partial charge in [0.15, 0.2) is 0 Å². The van der Waals surface area contributed by atoms with Gasteiger partial charge in [0.05, 0.1) is 0 Å². The molecule has 0 aromatic carbocycles. The molecule has 1 aromatic heterocycles. The van der Waals surface area contributed by atoms with Crippen LogP contribution < -0.4 is 0 Å². The van der Waals surface area contributed by atoms with Crippen molar-refractivity contribution >= 4 is 6.08 Å². The van der Waals surface area contributed by atoms with Crippen LogP contribution in [0.25, 0.3) is 6.08 Å². The summed E-state index contributed by atoms with van der Waals surface area (Å²) in [4.78, 5) is 7.02. The van der Waals surface area contributed by atoms with Crippen molar-refractivity contribution in [2.45, 2.75) is 13.3 Å². The highest BCUT2D eigenvalue weighted by atomic mass is 14.9. The fourth-order valence-corrected chi connectivity index (χ4v) is 0.730. The predicted molar refractivity (Wildman–Crippen MR) is 47.1 cm³/mol. The summed E-state index contributed by atoms with van der Waals surface area (Å²) in [5.41, 5.74) is 0. The molecule has 1 rings (SSSR count). The Kier molecular flexibility index (Phi) is 3.19. The van der Waals surface area contributed by atoms with E-state index in [0.717, 1.165) is 12.2 Å². The van der Waals surface area contributed by atoms with E-state index in [-0.39, 0.29) is 0 Å². The first-order chi connectivity index (χ1) is 5.43. The number of aromatic amines is 1. The smallest absolute Gasteiger partial charge is 0.129 e. The number of hydrogen-bond acceptors (Lipinski definition) is 1. The Bertz CT molecular complexity index is 232. The van der Waals surface area contributed by atoms with Gasteiger partial charge >= 0.3 is 0 Å². The van der Waals surface area contributed by atoms with Crippen LogP contribution in [-0.4, -0.2) is 9.97 Å². The Morgan fingerprint density at radius 1 is 1.55 bits per heavy atom. The minimum atomic E-state index is 0.894. The van der Waals surface area contributed by atoms with Gasteiger partial charge in [0.2, 0.25) is 0 Å². The molecule has 0 bridgehead atoms. The highest BCUT2D eigenvalue weighted by Crippen LogP contribution is 1.92. The summed E-state index contributed by atoms with van der Waals surface area (Å²) in [6.45, 7) is 2.11. The van der Waals surface area contributed by atoms with E-state index in [1.807, 2.05) is 24.4 Å². The van der Waals surface area contributed by atoms with Crippen LogP contribution in [0, 0.1) is 0 Å². The molecule has 0 unspecified atom stereocenters. The third kappa shape index (κ3) is 2.85. The van der Waals surface area contributed by atoms with Gasteiger partial charge in [0.1, 0.15) is 5.82 Å². The lowest BCUT2D eigenvalue weighted by Gasteiger charge is -1.79. The van der Waals surface area contributed by atoms with Crippen LogP contribution in [0.1, 0.15) is 19.2 Å². The van der Waals surface area contributed by atoms with Crippen molar-refractivity contribution in [1.82, 2.24) is 9.97 Å².